The van der Waals surface area contributed by atoms with Gasteiger partial charge < -0.3 is 9.40 Å². The van der Waals surface area contributed by atoms with Crippen LogP contribution in [0.1, 0.15) is 12.6 Å². The second kappa shape index (κ2) is 4.16. The Labute approximate surface area is 66.9 Å². The highest BCUT2D eigenvalue weighted by molar-refractivity contribution is 5.05. The van der Waals surface area contributed by atoms with Crippen molar-refractivity contribution in [3.63, 3.8) is 0 Å². The molecule has 1 aromatic heterocycles. The zero-order chi connectivity index (χ0) is 8.10. The number of rotatable bonds is 4. The van der Waals surface area contributed by atoms with E-state index in [-0.39, 0.29) is 0 Å². The third-order valence-corrected chi connectivity index (χ3v) is 1.55. The first kappa shape index (κ1) is 8.30. The van der Waals surface area contributed by atoms with Crippen LogP contribution >= 0.6 is 0 Å². The second-order valence-corrected chi connectivity index (χ2v) is 2.36. The van der Waals surface area contributed by atoms with Gasteiger partial charge in [0.05, 0.1) is 13.2 Å². The second-order valence-electron chi connectivity index (χ2n) is 2.36. The van der Waals surface area contributed by atoms with Crippen LogP contribution < -0.4 is 5.48 Å². The van der Waals surface area contributed by atoms with E-state index in [0.717, 1.165) is 6.54 Å². The Kier molecular flexibility index (Phi) is 3.14. The molecule has 0 saturated carbocycles. The lowest BCUT2D eigenvalue weighted by Crippen LogP contribution is -2.15. The van der Waals surface area contributed by atoms with Crippen molar-refractivity contribution in [1.29, 1.82) is 0 Å². The molecule has 0 aliphatic rings. The van der Waals surface area contributed by atoms with Gasteiger partial charge in [0.25, 0.3) is 0 Å². The van der Waals surface area contributed by atoms with E-state index in [1.54, 1.807) is 0 Å². The van der Waals surface area contributed by atoms with Gasteiger partial charge in [-0.15, -0.1) is 0 Å². The van der Waals surface area contributed by atoms with Gasteiger partial charge >= 0.3 is 0 Å². The van der Waals surface area contributed by atoms with Crippen molar-refractivity contribution < 1.29 is 4.84 Å². The Morgan fingerprint density at radius 2 is 2.45 bits per heavy atom. The van der Waals surface area contributed by atoms with Gasteiger partial charge in [0, 0.05) is 18.9 Å². The summed E-state index contributed by atoms with van der Waals surface area (Å²) >= 11 is 0. The van der Waals surface area contributed by atoms with Crippen molar-refractivity contribution in [2.75, 3.05) is 6.61 Å². The van der Waals surface area contributed by atoms with Gasteiger partial charge in [0.2, 0.25) is 0 Å². The lowest BCUT2D eigenvalue weighted by atomic mass is 10.4. The van der Waals surface area contributed by atoms with E-state index in [1.165, 1.54) is 5.69 Å². The van der Waals surface area contributed by atoms with Crippen molar-refractivity contribution in [3.8, 4) is 0 Å². The van der Waals surface area contributed by atoms with Crippen molar-refractivity contribution in [1.82, 2.24) is 10.0 Å². The SMILES string of the molecule is CCONCc1cccn1C. The highest BCUT2D eigenvalue weighted by Gasteiger charge is 1.94. The van der Waals surface area contributed by atoms with Crippen LogP contribution in [0.2, 0.25) is 0 Å². The van der Waals surface area contributed by atoms with Crippen LogP contribution in [0.4, 0.5) is 0 Å². The molecule has 3 heteroatoms. The zero-order valence-electron chi connectivity index (χ0n) is 7.00. The van der Waals surface area contributed by atoms with Gasteiger partial charge in [-0.05, 0) is 19.1 Å². The Balaban J connectivity index is 2.32. The maximum atomic E-state index is 5.00. The molecule has 3 nitrogen and oxygen atoms in total. The lowest BCUT2D eigenvalue weighted by Gasteiger charge is -2.04. The molecule has 11 heavy (non-hydrogen) atoms. The van der Waals surface area contributed by atoms with E-state index in [2.05, 4.69) is 16.1 Å². The molecular formula is C8H14N2O. The molecule has 0 atom stereocenters. The molecule has 1 aromatic rings. The number of nitrogens with zero attached hydrogens (tertiary/aromatic N) is 1. The number of hydroxylamine groups is 1. The summed E-state index contributed by atoms with van der Waals surface area (Å²) in [6, 6.07) is 4.08. The summed E-state index contributed by atoms with van der Waals surface area (Å²) in [6.07, 6.45) is 2.02. The molecular weight excluding hydrogens is 140 g/mol. The third-order valence-electron chi connectivity index (χ3n) is 1.55. The fourth-order valence-corrected chi connectivity index (χ4v) is 0.907. The minimum Gasteiger partial charge on any atom is -0.353 e. The minimum atomic E-state index is 0.699. The van der Waals surface area contributed by atoms with Crippen molar-refractivity contribution in [2.24, 2.45) is 7.05 Å². The van der Waals surface area contributed by atoms with Gasteiger partial charge in [0.15, 0.2) is 0 Å². The lowest BCUT2D eigenvalue weighted by molar-refractivity contribution is 0.0451. The molecule has 0 aliphatic heterocycles. The quantitative estimate of drug-likeness (QED) is 0.518. The van der Waals surface area contributed by atoms with Crippen LogP contribution in [-0.2, 0) is 18.4 Å². The minimum absolute atomic E-state index is 0.699. The molecule has 0 aliphatic carbocycles. The predicted octanol–water partition coefficient (Wildman–Crippen LogP) is 1.07. The molecule has 0 unspecified atom stereocenters. The van der Waals surface area contributed by atoms with Gasteiger partial charge in [-0.2, -0.15) is 5.48 Å². The predicted molar refractivity (Wildman–Crippen MR) is 43.9 cm³/mol. The van der Waals surface area contributed by atoms with Crippen LogP contribution in [0.3, 0.4) is 0 Å². The first-order chi connectivity index (χ1) is 5.34. The number of aromatic nitrogens is 1. The smallest absolute Gasteiger partial charge is 0.0654 e. The monoisotopic (exact) mass is 154 g/mol. The van der Waals surface area contributed by atoms with E-state index >= 15 is 0 Å². The maximum absolute atomic E-state index is 5.00. The van der Waals surface area contributed by atoms with E-state index in [0.29, 0.717) is 6.61 Å². The molecule has 1 rings (SSSR count). The van der Waals surface area contributed by atoms with Gasteiger partial charge in [-0.3, -0.25) is 0 Å². The molecule has 0 spiro atoms. The molecule has 0 fully saturated rings. The van der Waals surface area contributed by atoms with Crippen LogP contribution in [0, 0.1) is 0 Å². The number of hydrogen-bond acceptors (Lipinski definition) is 2. The molecule has 1 heterocycles. The Hall–Kier alpha value is -0.800. The van der Waals surface area contributed by atoms with Crippen LogP contribution in [0.25, 0.3) is 0 Å². The number of aryl methyl sites for hydroxylation is 1. The molecule has 62 valence electrons. The fourth-order valence-electron chi connectivity index (χ4n) is 0.907. The Morgan fingerprint density at radius 1 is 1.64 bits per heavy atom. The molecule has 0 amide bonds. The Morgan fingerprint density at radius 3 is 3.00 bits per heavy atom. The van der Waals surface area contributed by atoms with Gasteiger partial charge in [-0.1, -0.05) is 0 Å². The first-order valence-corrected chi connectivity index (χ1v) is 3.79. The zero-order valence-corrected chi connectivity index (χ0v) is 7.00. The van der Waals surface area contributed by atoms with Gasteiger partial charge in [0.1, 0.15) is 0 Å². The summed E-state index contributed by atoms with van der Waals surface area (Å²) in [4.78, 5) is 5.00. The molecule has 1 N–H and O–H groups in total. The van der Waals surface area contributed by atoms with Crippen molar-refractivity contribution in [2.45, 2.75) is 13.5 Å². The summed E-state index contributed by atoms with van der Waals surface area (Å²) in [5.41, 5.74) is 4.08. The van der Waals surface area contributed by atoms with E-state index in [9.17, 15) is 0 Å². The highest BCUT2D eigenvalue weighted by Crippen LogP contribution is 1.97. The largest absolute Gasteiger partial charge is 0.353 e. The molecule has 0 bridgehead atoms. The van der Waals surface area contributed by atoms with Crippen molar-refractivity contribution in [3.05, 3.63) is 24.0 Å². The summed E-state index contributed by atoms with van der Waals surface area (Å²) in [7, 11) is 2.02. The summed E-state index contributed by atoms with van der Waals surface area (Å²) in [5, 5.41) is 0. The van der Waals surface area contributed by atoms with E-state index < -0.39 is 0 Å². The fraction of sp³-hybridized carbons (Fsp3) is 0.500. The summed E-state index contributed by atoms with van der Waals surface area (Å²) in [6.45, 7) is 3.42. The van der Waals surface area contributed by atoms with Crippen LogP contribution in [-0.4, -0.2) is 11.2 Å². The van der Waals surface area contributed by atoms with Crippen molar-refractivity contribution >= 4 is 0 Å². The molecule has 0 radical (unpaired) electrons. The Bertz CT molecular complexity index is 208. The normalized spacial score (nSPS) is 10.4. The maximum Gasteiger partial charge on any atom is 0.0654 e. The standard InChI is InChI=1S/C8H14N2O/c1-3-11-9-7-8-5-4-6-10(8)2/h4-6,9H,3,7H2,1-2H3. The topological polar surface area (TPSA) is 26.2 Å². The number of nitrogens with one attached hydrogen (secondary N) is 1. The van der Waals surface area contributed by atoms with E-state index in [1.807, 2.05) is 26.2 Å². The first-order valence-electron chi connectivity index (χ1n) is 3.79. The average Bonchev–Trinajstić information content (AvgIpc) is 2.37. The third kappa shape index (κ3) is 2.37. The summed E-state index contributed by atoms with van der Waals surface area (Å²) in [5.74, 6) is 0. The molecule has 0 saturated heterocycles. The molecule has 0 aromatic carbocycles. The highest BCUT2D eigenvalue weighted by atomic mass is 16.6. The average molecular weight is 154 g/mol. The van der Waals surface area contributed by atoms with E-state index in [4.69, 9.17) is 4.84 Å². The van der Waals surface area contributed by atoms with Crippen LogP contribution in [0.5, 0.6) is 0 Å². The number of hydrogen-bond donors (Lipinski definition) is 1. The van der Waals surface area contributed by atoms with Crippen LogP contribution in [0.15, 0.2) is 18.3 Å². The van der Waals surface area contributed by atoms with Gasteiger partial charge in [-0.25, -0.2) is 0 Å². The summed E-state index contributed by atoms with van der Waals surface area (Å²) < 4.78 is 2.06.